The molecule has 15 heavy (non-hydrogen) atoms. The molecule has 0 aromatic carbocycles. The fraction of sp³-hybridized carbons (Fsp3) is 0.600. The third-order valence-corrected chi connectivity index (χ3v) is 2.46. The van der Waals surface area contributed by atoms with Gasteiger partial charge in [-0.05, 0) is 19.8 Å². The van der Waals surface area contributed by atoms with E-state index in [0.29, 0.717) is 11.6 Å². The number of carbonyl (C=O) groups is 1. The van der Waals surface area contributed by atoms with E-state index in [1.807, 2.05) is 6.92 Å². The summed E-state index contributed by atoms with van der Waals surface area (Å²) in [5.74, 6) is 0.596. The highest BCUT2D eigenvalue weighted by Crippen LogP contribution is 2.07. The van der Waals surface area contributed by atoms with Crippen molar-refractivity contribution >= 4 is 17.5 Å². The van der Waals surface area contributed by atoms with Gasteiger partial charge in [-0.25, -0.2) is 4.98 Å². The summed E-state index contributed by atoms with van der Waals surface area (Å²) in [7, 11) is 0. The lowest BCUT2D eigenvalue weighted by Gasteiger charge is -2.14. The number of nitrogens with zero attached hydrogens (tertiary/aromatic N) is 1. The van der Waals surface area contributed by atoms with E-state index in [-0.39, 0.29) is 17.7 Å². The zero-order valence-electron chi connectivity index (χ0n) is 8.92. The van der Waals surface area contributed by atoms with Gasteiger partial charge >= 0.3 is 0 Å². The Labute approximate surface area is 94.0 Å². The smallest absolute Gasteiger partial charge is 0.289 e. The Bertz CT molecular complexity index is 325. The minimum Gasteiger partial charge on any atom is -0.438 e. The number of carbonyl (C=O) groups excluding carboxylic acids is 1. The molecule has 0 saturated carbocycles. The average Bonchev–Trinajstić information content (AvgIpc) is 2.63. The number of aromatic nitrogens is 1. The zero-order chi connectivity index (χ0) is 11.3. The van der Waals surface area contributed by atoms with E-state index in [2.05, 4.69) is 10.3 Å². The van der Waals surface area contributed by atoms with Crippen molar-refractivity contribution in [3.63, 3.8) is 0 Å². The molecule has 0 saturated heterocycles. The number of alkyl halides is 1. The van der Waals surface area contributed by atoms with Gasteiger partial charge in [-0.2, -0.15) is 0 Å². The van der Waals surface area contributed by atoms with Crippen LogP contribution in [-0.2, 0) is 0 Å². The van der Waals surface area contributed by atoms with Crippen molar-refractivity contribution < 1.29 is 9.21 Å². The molecule has 1 aromatic heterocycles. The highest BCUT2D eigenvalue weighted by Gasteiger charge is 2.16. The summed E-state index contributed by atoms with van der Waals surface area (Å²) in [5, 5.41) is 2.85. The van der Waals surface area contributed by atoms with Crippen LogP contribution in [0.5, 0.6) is 0 Å². The summed E-state index contributed by atoms with van der Waals surface area (Å²) >= 11 is 5.63. The molecule has 0 spiro atoms. The SMILES string of the molecule is CCC(CCCl)NC(=O)c1ocnc1C. The Morgan fingerprint density at radius 1 is 1.73 bits per heavy atom. The van der Waals surface area contributed by atoms with Gasteiger partial charge in [0.25, 0.3) is 5.91 Å². The van der Waals surface area contributed by atoms with Gasteiger partial charge in [-0.3, -0.25) is 4.79 Å². The first-order valence-electron chi connectivity index (χ1n) is 4.96. The standard InChI is InChI=1S/C10H15ClN2O2/c1-3-8(4-5-11)13-10(14)9-7(2)12-6-15-9/h6,8H,3-5H2,1-2H3,(H,13,14). The predicted octanol–water partition coefficient (Wildman–Crippen LogP) is 2.12. The van der Waals surface area contributed by atoms with Crippen molar-refractivity contribution in [1.29, 1.82) is 0 Å². The van der Waals surface area contributed by atoms with E-state index in [0.717, 1.165) is 12.8 Å². The molecular weight excluding hydrogens is 216 g/mol. The Hall–Kier alpha value is -1.03. The highest BCUT2D eigenvalue weighted by molar-refractivity contribution is 6.17. The quantitative estimate of drug-likeness (QED) is 0.789. The third kappa shape index (κ3) is 3.23. The maximum absolute atomic E-state index is 11.7. The van der Waals surface area contributed by atoms with Crippen molar-refractivity contribution in [3.8, 4) is 0 Å². The van der Waals surface area contributed by atoms with Gasteiger partial charge in [0.1, 0.15) is 0 Å². The topological polar surface area (TPSA) is 55.1 Å². The van der Waals surface area contributed by atoms with Gasteiger partial charge in [-0.15, -0.1) is 11.6 Å². The molecule has 0 aliphatic rings. The molecule has 1 heterocycles. The average molecular weight is 231 g/mol. The van der Waals surface area contributed by atoms with Crippen LogP contribution in [0.1, 0.15) is 36.0 Å². The zero-order valence-corrected chi connectivity index (χ0v) is 9.67. The molecular formula is C10H15ClN2O2. The highest BCUT2D eigenvalue weighted by atomic mass is 35.5. The summed E-state index contributed by atoms with van der Waals surface area (Å²) in [6.45, 7) is 3.74. The molecule has 1 rings (SSSR count). The van der Waals surface area contributed by atoms with Gasteiger partial charge in [0.2, 0.25) is 5.76 Å². The number of amides is 1. The second-order valence-corrected chi connectivity index (χ2v) is 3.70. The molecule has 1 amide bonds. The third-order valence-electron chi connectivity index (χ3n) is 2.24. The van der Waals surface area contributed by atoms with Crippen LogP contribution in [0.2, 0.25) is 0 Å². The Kier molecular flexibility index (Phi) is 4.62. The number of rotatable bonds is 5. The molecule has 1 unspecified atom stereocenters. The molecule has 0 radical (unpaired) electrons. The van der Waals surface area contributed by atoms with Crippen molar-refractivity contribution in [2.24, 2.45) is 0 Å². The minimum absolute atomic E-state index is 0.0968. The molecule has 0 bridgehead atoms. The van der Waals surface area contributed by atoms with E-state index in [9.17, 15) is 4.79 Å². The van der Waals surface area contributed by atoms with Crippen LogP contribution in [0.3, 0.4) is 0 Å². The molecule has 1 N–H and O–H groups in total. The first kappa shape index (κ1) is 12.0. The normalized spacial score (nSPS) is 12.5. The molecule has 84 valence electrons. The second kappa shape index (κ2) is 5.75. The van der Waals surface area contributed by atoms with E-state index in [1.165, 1.54) is 6.39 Å². The van der Waals surface area contributed by atoms with Crippen LogP contribution in [0.15, 0.2) is 10.8 Å². The van der Waals surface area contributed by atoms with Gasteiger partial charge < -0.3 is 9.73 Å². The predicted molar refractivity (Wildman–Crippen MR) is 58.1 cm³/mol. The Morgan fingerprint density at radius 3 is 2.93 bits per heavy atom. The fourth-order valence-electron chi connectivity index (χ4n) is 1.28. The van der Waals surface area contributed by atoms with Crippen LogP contribution >= 0.6 is 11.6 Å². The van der Waals surface area contributed by atoms with Crippen molar-refractivity contribution in [2.75, 3.05) is 5.88 Å². The van der Waals surface area contributed by atoms with Crippen molar-refractivity contribution in [3.05, 3.63) is 17.8 Å². The van der Waals surface area contributed by atoms with Gasteiger partial charge in [0.15, 0.2) is 6.39 Å². The number of nitrogens with one attached hydrogen (secondary N) is 1. The Balaban J connectivity index is 2.58. The van der Waals surface area contributed by atoms with E-state index in [4.69, 9.17) is 16.0 Å². The van der Waals surface area contributed by atoms with Gasteiger partial charge in [0, 0.05) is 11.9 Å². The van der Waals surface area contributed by atoms with Crippen LogP contribution < -0.4 is 5.32 Å². The summed E-state index contributed by atoms with van der Waals surface area (Å²) < 4.78 is 4.99. The summed E-state index contributed by atoms with van der Waals surface area (Å²) in [4.78, 5) is 15.5. The molecule has 0 aliphatic carbocycles. The van der Waals surface area contributed by atoms with Gasteiger partial charge in [0.05, 0.1) is 5.69 Å². The summed E-state index contributed by atoms with van der Waals surface area (Å²) in [6, 6.07) is 0.0968. The minimum atomic E-state index is -0.220. The maximum atomic E-state index is 11.7. The lowest BCUT2D eigenvalue weighted by molar-refractivity contribution is 0.0906. The van der Waals surface area contributed by atoms with E-state index < -0.39 is 0 Å². The fourth-order valence-corrected chi connectivity index (χ4v) is 1.54. The van der Waals surface area contributed by atoms with Crippen LogP contribution in [0.25, 0.3) is 0 Å². The second-order valence-electron chi connectivity index (χ2n) is 3.32. The van der Waals surface area contributed by atoms with Crippen molar-refractivity contribution in [1.82, 2.24) is 10.3 Å². The largest absolute Gasteiger partial charge is 0.438 e. The maximum Gasteiger partial charge on any atom is 0.289 e. The van der Waals surface area contributed by atoms with Gasteiger partial charge in [-0.1, -0.05) is 6.92 Å². The first-order chi connectivity index (χ1) is 7.19. The first-order valence-corrected chi connectivity index (χ1v) is 5.49. The molecule has 5 heteroatoms. The van der Waals surface area contributed by atoms with Crippen LogP contribution in [0, 0.1) is 6.92 Å². The molecule has 1 aromatic rings. The summed E-state index contributed by atoms with van der Waals surface area (Å²) in [6.07, 6.45) is 2.88. The van der Waals surface area contributed by atoms with Crippen LogP contribution in [-0.4, -0.2) is 22.8 Å². The molecule has 1 atom stereocenters. The molecule has 0 fully saturated rings. The monoisotopic (exact) mass is 230 g/mol. The number of hydrogen-bond acceptors (Lipinski definition) is 3. The number of hydrogen-bond donors (Lipinski definition) is 1. The van der Waals surface area contributed by atoms with E-state index >= 15 is 0 Å². The number of oxazole rings is 1. The van der Waals surface area contributed by atoms with E-state index in [1.54, 1.807) is 6.92 Å². The lowest BCUT2D eigenvalue weighted by Crippen LogP contribution is -2.34. The molecule has 4 nitrogen and oxygen atoms in total. The lowest BCUT2D eigenvalue weighted by atomic mass is 10.1. The Morgan fingerprint density at radius 2 is 2.47 bits per heavy atom. The summed E-state index contributed by atoms with van der Waals surface area (Å²) in [5.41, 5.74) is 0.605. The number of aryl methyl sites for hydroxylation is 1. The number of halogens is 1. The van der Waals surface area contributed by atoms with Crippen LogP contribution in [0.4, 0.5) is 0 Å². The van der Waals surface area contributed by atoms with Crippen molar-refractivity contribution in [2.45, 2.75) is 32.7 Å². The molecule has 0 aliphatic heterocycles.